The van der Waals surface area contributed by atoms with E-state index in [2.05, 4.69) is 4.90 Å². The van der Waals surface area contributed by atoms with Gasteiger partial charge in [0.05, 0.1) is 21.4 Å². The Hall–Kier alpha value is -2.11. The summed E-state index contributed by atoms with van der Waals surface area (Å²) >= 11 is 13.7. The molecule has 1 aromatic heterocycles. The molecule has 0 N–H and O–H groups in total. The topological polar surface area (TPSA) is 74.1 Å². The summed E-state index contributed by atoms with van der Waals surface area (Å²) in [7, 11) is -3.55. The zero-order chi connectivity index (χ0) is 22.0. The van der Waals surface area contributed by atoms with Crippen molar-refractivity contribution in [3.8, 4) is 6.07 Å². The Bertz CT molecular complexity index is 1220. The fourth-order valence-electron chi connectivity index (χ4n) is 3.79. The molecular weight excluding hydrogens is 473 g/mol. The molecule has 2 heterocycles. The van der Waals surface area contributed by atoms with Gasteiger partial charge in [-0.2, -0.15) is 5.26 Å². The van der Waals surface area contributed by atoms with E-state index in [1.807, 2.05) is 23.6 Å². The van der Waals surface area contributed by atoms with Crippen LogP contribution in [-0.2, 0) is 16.3 Å². The van der Waals surface area contributed by atoms with Crippen molar-refractivity contribution in [2.75, 3.05) is 18.0 Å². The number of nitrogens with zero attached hydrogens (tertiary/aromatic N) is 3. The molecule has 0 amide bonds. The molecule has 0 bridgehead atoms. The van der Waals surface area contributed by atoms with Gasteiger partial charge < -0.3 is 4.90 Å². The maximum absolute atomic E-state index is 13.1. The molecule has 9 heteroatoms. The number of benzene rings is 2. The second-order valence-corrected chi connectivity index (χ2v) is 11.3. The van der Waals surface area contributed by atoms with E-state index in [-0.39, 0.29) is 10.5 Å². The van der Waals surface area contributed by atoms with Gasteiger partial charge in [-0.3, -0.25) is 0 Å². The molecule has 1 fully saturated rings. The lowest BCUT2D eigenvalue weighted by molar-refractivity contribution is 0.529. The summed E-state index contributed by atoms with van der Waals surface area (Å²) in [4.78, 5) is 6.99. The standard InChI is InChI=1S/C22H19Cl2N3O2S2/c23-17-9-15(10-18(24)12-17)11-19-14-30-22(26-19)27-7-5-20(6-8-27)31(28,29)21-4-2-1-3-16(21)13-25/h1-4,9-10,12,14,20H,5-8,11H2. The van der Waals surface area contributed by atoms with Gasteiger partial charge in [0.1, 0.15) is 6.07 Å². The van der Waals surface area contributed by atoms with Crippen molar-refractivity contribution < 1.29 is 8.42 Å². The van der Waals surface area contributed by atoms with Crippen LogP contribution >= 0.6 is 34.5 Å². The largest absolute Gasteiger partial charge is 0.348 e. The van der Waals surface area contributed by atoms with E-state index in [1.165, 1.54) is 6.07 Å². The van der Waals surface area contributed by atoms with Crippen LogP contribution in [0.15, 0.2) is 52.7 Å². The normalized spacial score (nSPS) is 15.1. The van der Waals surface area contributed by atoms with Gasteiger partial charge in [0.15, 0.2) is 15.0 Å². The lowest BCUT2D eigenvalue weighted by Gasteiger charge is -2.31. The predicted octanol–water partition coefficient (Wildman–Crippen LogP) is 5.36. The van der Waals surface area contributed by atoms with Crippen LogP contribution in [0.25, 0.3) is 0 Å². The molecular formula is C22H19Cl2N3O2S2. The Morgan fingerprint density at radius 2 is 1.81 bits per heavy atom. The summed E-state index contributed by atoms with van der Waals surface area (Å²) in [6.45, 7) is 1.21. The van der Waals surface area contributed by atoms with Crippen LogP contribution in [-0.4, -0.2) is 31.7 Å². The number of anilines is 1. The number of rotatable bonds is 5. The molecule has 31 heavy (non-hydrogen) atoms. The monoisotopic (exact) mass is 491 g/mol. The third-order valence-corrected chi connectivity index (χ3v) is 9.02. The molecule has 160 valence electrons. The van der Waals surface area contributed by atoms with E-state index < -0.39 is 15.1 Å². The van der Waals surface area contributed by atoms with E-state index in [0.717, 1.165) is 16.4 Å². The summed E-state index contributed by atoms with van der Waals surface area (Å²) in [5.41, 5.74) is 2.13. The smallest absolute Gasteiger partial charge is 0.185 e. The molecule has 1 aliphatic rings. The average Bonchev–Trinajstić information content (AvgIpc) is 3.21. The molecule has 0 atom stereocenters. The predicted molar refractivity (Wildman–Crippen MR) is 125 cm³/mol. The summed E-state index contributed by atoms with van der Waals surface area (Å²) in [6, 6.07) is 13.9. The third kappa shape index (κ3) is 4.88. The van der Waals surface area contributed by atoms with Crippen molar-refractivity contribution in [2.24, 2.45) is 0 Å². The van der Waals surface area contributed by atoms with Gasteiger partial charge >= 0.3 is 0 Å². The number of hydrogen-bond acceptors (Lipinski definition) is 6. The van der Waals surface area contributed by atoms with Crippen molar-refractivity contribution >= 4 is 49.5 Å². The van der Waals surface area contributed by atoms with E-state index in [4.69, 9.17) is 28.2 Å². The van der Waals surface area contributed by atoms with Gasteiger partial charge in [-0.1, -0.05) is 35.3 Å². The van der Waals surface area contributed by atoms with E-state index in [1.54, 1.807) is 35.6 Å². The van der Waals surface area contributed by atoms with Crippen LogP contribution in [0.1, 0.15) is 29.7 Å². The van der Waals surface area contributed by atoms with Gasteiger partial charge in [0.2, 0.25) is 0 Å². The maximum Gasteiger partial charge on any atom is 0.185 e. The van der Waals surface area contributed by atoms with Gasteiger partial charge in [0.25, 0.3) is 0 Å². The number of sulfone groups is 1. The van der Waals surface area contributed by atoms with Crippen LogP contribution in [0.5, 0.6) is 0 Å². The van der Waals surface area contributed by atoms with E-state index in [9.17, 15) is 13.7 Å². The molecule has 2 aromatic carbocycles. The molecule has 1 saturated heterocycles. The lowest BCUT2D eigenvalue weighted by Crippen LogP contribution is -2.39. The summed E-state index contributed by atoms with van der Waals surface area (Å²) in [6.07, 6.45) is 1.63. The number of piperidine rings is 1. The first-order chi connectivity index (χ1) is 14.9. The van der Waals surface area contributed by atoms with Crippen molar-refractivity contribution in [2.45, 2.75) is 29.4 Å². The van der Waals surface area contributed by atoms with Crippen molar-refractivity contribution in [1.29, 1.82) is 5.26 Å². The number of nitriles is 1. The fraction of sp³-hybridized carbons (Fsp3) is 0.273. The first-order valence-corrected chi connectivity index (χ1v) is 12.9. The second kappa shape index (κ2) is 9.17. The van der Waals surface area contributed by atoms with Crippen molar-refractivity contribution in [1.82, 2.24) is 4.98 Å². The Labute approximate surface area is 195 Å². The number of thiazole rings is 1. The van der Waals surface area contributed by atoms with Gasteiger partial charge in [0, 0.05) is 34.9 Å². The SMILES string of the molecule is N#Cc1ccccc1S(=O)(=O)C1CCN(c2nc(Cc3cc(Cl)cc(Cl)c3)cs2)CC1. The lowest BCUT2D eigenvalue weighted by atomic mass is 10.1. The van der Waals surface area contributed by atoms with Crippen LogP contribution < -0.4 is 4.90 Å². The molecule has 5 nitrogen and oxygen atoms in total. The molecule has 1 aliphatic heterocycles. The highest BCUT2D eigenvalue weighted by atomic mass is 35.5. The van der Waals surface area contributed by atoms with E-state index in [0.29, 0.717) is 42.4 Å². The summed E-state index contributed by atoms with van der Waals surface area (Å²) in [5.74, 6) is 0. The van der Waals surface area contributed by atoms with Crippen LogP contribution in [0.4, 0.5) is 5.13 Å². The van der Waals surface area contributed by atoms with Gasteiger partial charge in [-0.25, -0.2) is 13.4 Å². The van der Waals surface area contributed by atoms with E-state index >= 15 is 0 Å². The summed E-state index contributed by atoms with van der Waals surface area (Å²) < 4.78 is 26.1. The molecule has 0 aliphatic carbocycles. The molecule has 0 spiro atoms. The van der Waals surface area contributed by atoms with Crippen LogP contribution in [0.2, 0.25) is 10.0 Å². The number of halogens is 2. The van der Waals surface area contributed by atoms with Gasteiger partial charge in [-0.05, 0) is 48.7 Å². The highest BCUT2D eigenvalue weighted by Crippen LogP contribution is 2.31. The molecule has 3 aromatic rings. The maximum atomic E-state index is 13.1. The first-order valence-electron chi connectivity index (χ1n) is 9.74. The summed E-state index contributed by atoms with van der Waals surface area (Å²) in [5, 5.41) is 12.9. The van der Waals surface area contributed by atoms with Crippen LogP contribution in [0, 0.1) is 11.3 Å². The number of aromatic nitrogens is 1. The Morgan fingerprint density at radius 1 is 1.13 bits per heavy atom. The zero-order valence-electron chi connectivity index (χ0n) is 16.5. The fourth-order valence-corrected chi connectivity index (χ4v) is 7.12. The quantitative estimate of drug-likeness (QED) is 0.480. The Morgan fingerprint density at radius 3 is 2.48 bits per heavy atom. The Kier molecular flexibility index (Phi) is 6.54. The molecule has 0 saturated carbocycles. The van der Waals surface area contributed by atoms with Crippen molar-refractivity contribution in [3.63, 3.8) is 0 Å². The second-order valence-electron chi connectivity index (χ2n) is 7.42. The minimum absolute atomic E-state index is 0.132. The van der Waals surface area contributed by atoms with Gasteiger partial charge in [-0.15, -0.1) is 11.3 Å². The number of hydrogen-bond donors (Lipinski definition) is 0. The molecule has 0 unspecified atom stereocenters. The first kappa shape index (κ1) is 22.1. The molecule has 0 radical (unpaired) electrons. The van der Waals surface area contributed by atoms with Crippen LogP contribution in [0.3, 0.4) is 0 Å². The molecule has 4 rings (SSSR count). The highest BCUT2D eigenvalue weighted by molar-refractivity contribution is 7.92. The average molecular weight is 492 g/mol. The minimum Gasteiger partial charge on any atom is -0.348 e. The van der Waals surface area contributed by atoms with Crippen molar-refractivity contribution in [3.05, 3.63) is 74.7 Å². The zero-order valence-corrected chi connectivity index (χ0v) is 19.6. The Balaban J connectivity index is 1.43. The minimum atomic E-state index is -3.55. The highest BCUT2D eigenvalue weighted by Gasteiger charge is 2.33. The third-order valence-electron chi connectivity index (χ3n) is 5.31.